The second-order valence-electron chi connectivity index (χ2n) is 3.73. The Kier molecular flexibility index (Phi) is 4.72. The van der Waals surface area contributed by atoms with Gasteiger partial charge in [-0.2, -0.15) is 5.26 Å². The van der Waals surface area contributed by atoms with Crippen LogP contribution in [0, 0.1) is 17.2 Å². The number of ketones is 1. The molecule has 0 saturated heterocycles. The van der Waals surface area contributed by atoms with Crippen LogP contribution in [0.5, 0.6) is 0 Å². The van der Waals surface area contributed by atoms with Crippen molar-refractivity contribution in [2.75, 3.05) is 5.32 Å². The summed E-state index contributed by atoms with van der Waals surface area (Å²) in [6, 6.07) is 7.28. The Morgan fingerprint density at radius 1 is 1.42 bits per heavy atom. The summed E-state index contributed by atoms with van der Waals surface area (Å²) in [7, 11) is -3.75. The van der Waals surface area contributed by atoms with Crippen LogP contribution in [-0.2, 0) is 14.8 Å². The largest absolute Gasteiger partial charge is 0.349 e. The van der Waals surface area contributed by atoms with Crippen LogP contribution in [0.25, 0.3) is 0 Å². The van der Waals surface area contributed by atoms with Crippen LogP contribution in [0.2, 0.25) is 0 Å². The standard InChI is InChI=1S/C11H11N3O3S2/c1-7(15)10(6-12)11(18)14-8-2-4-9(5-3-8)19(13,16)17/h2-5,10H,1H3,(H,14,18)(H2,13,16,17). The van der Waals surface area contributed by atoms with E-state index in [-0.39, 0.29) is 15.7 Å². The maximum Gasteiger partial charge on any atom is 0.238 e. The second kappa shape index (κ2) is 5.88. The highest BCUT2D eigenvalue weighted by Gasteiger charge is 2.19. The third-order valence-corrected chi connectivity index (χ3v) is 3.52. The van der Waals surface area contributed by atoms with E-state index in [0.29, 0.717) is 5.69 Å². The number of nitrogens with two attached hydrogens (primary N) is 1. The molecule has 0 aliphatic heterocycles. The second-order valence-corrected chi connectivity index (χ2v) is 5.73. The van der Waals surface area contributed by atoms with Crippen LogP contribution < -0.4 is 10.5 Å². The minimum atomic E-state index is -3.75. The number of Topliss-reactive ketones (excluding diaryl/α,β-unsaturated/α-hetero) is 1. The number of thiocarbonyl (C=S) groups is 1. The first-order chi connectivity index (χ1) is 8.75. The molecule has 3 N–H and O–H groups in total. The van der Waals surface area contributed by atoms with E-state index in [4.69, 9.17) is 22.6 Å². The van der Waals surface area contributed by atoms with Gasteiger partial charge in [0.2, 0.25) is 10.0 Å². The third kappa shape index (κ3) is 4.10. The number of rotatable bonds is 4. The Morgan fingerprint density at radius 2 is 1.95 bits per heavy atom. The molecule has 0 aromatic heterocycles. The number of primary sulfonamides is 1. The van der Waals surface area contributed by atoms with Gasteiger partial charge < -0.3 is 5.32 Å². The molecule has 1 unspecified atom stereocenters. The quantitative estimate of drug-likeness (QED) is 0.795. The highest BCUT2D eigenvalue weighted by Crippen LogP contribution is 2.14. The SMILES string of the molecule is CC(=O)C(C#N)C(=S)Nc1ccc(S(N)(=O)=O)cc1. The zero-order valence-electron chi connectivity index (χ0n) is 9.95. The summed E-state index contributed by atoms with van der Waals surface area (Å²) in [6.45, 7) is 1.27. The lowest BCUT2D eigenvalue weighted by atomic mass is 10.1. The van der Waals surface area contributed by atoms with Gasteiger partial charge in [-0.15, -0.1) is 0 Å². The molecule has 6 nitrogen and oxygen atoms in total. The summed E-state index contributed by atoms with van der Waals surface area (Å²) in [4.78, 5) is 11.2. The first kappa shape index (κ1) is 15.2. The van der Waals surface area contributed by atoms with Crippen molar-refractivity contribution in [3.05, 3.63) is 24.3 Å². The summed E-state index contributed by atoms with van der Waals surface area (Å²) < 4.78 is 22.1. The normalized spacial score (nSPS) is 12.3. The molecule has 0 radical (unpaired) electrons. The van der Waals surface area contributed by atoms with Crippen LogP contribution in [-0.4, -0.2) is 19.2 Å². The predicted octanol–water partition coefficient (Wildman–Crippen LogP) is 0.802. The average molecular weight is 297 g/mol. The van der Waals surface area contributed by atoms with Crippen molar-refractivity contribution in [1.82, 2.24) is 0 Å². The molecule has 19 heavy (non-hydrogen) atoms. The van der Waals surface area contributed by atoms with Crippen molar-refractivity contribution in [2.24, 2.45) is 11.1 Å². The van der Waals surface area contributed by atoms with Gasteiger partial charge in [0.1, 0.15) is 4.99 Å². The van der Waals surface area contributed by atoms with E-state index < -0.39 is 15.9 Å². The molecular weight excluding hydrogens is 286 g/mol. The van der Waals surface area contributed by atoms with Gasteiger partial charge in [-0.25, -0.2) is 13.6 Å². The number of hydrogen-bond acceptors (Lipinski definition) is 5. The van der Waals surface area contributed by atoms with Crippen LogP contribution in [0.1, 0.15) is 6.92 Å². The fourth-order valence-corrected chi connectivity index (χ4v) is 2.13. The van der Waals surface area contributed by atoms with Gasteiger partial charge in [-0.1, -0.05) is 12.2 Å². The molecule has 8 heteroatoms. The van der Waals surface area contributed by atoms with Crippen LogP contribution in [0.4, 0.5) is 5.69 Å². The van der Waals surface area contributed by atoms with Crippen molar-refractivity contribution >= 4 is 38.7 Å². The van der Waals surface area contributed by atoms with E-state index in [1.54, 1.807) is 6.07 Å². The number of nitrogens with zero attached hydrogens (tertiary/aromatic N) is 1. The fourth-order valence-electron chi connectivity index (χ4n) is 1.28. The number of anilines is 1. The summed E-state index contributed by atoms with van der Waals surface area (Å²) in [6.07, 6.45) is 0. The minimum Gasteiger partial charge on any atom is -0.349 e. The minimum absolute atomic E-state index is 0.0348. The monoisotopic (exact) mass is 297 g/mol. The molecule has 1 rings (SSSR count). The van der Waals surface area contributed by atoms with E-state index in [9.17, 15) is 13.2 Å². The summed E-state index contributed by atoms with van der Waals surface area (Å²) >= 11 is 4.94. The van der Waals surface area contributed by atoms with Crippen LogP contribution >= 0.6 is 12.2 Å². The molecule has 0 aliphatic carbocycles. The summed E-state index contributed by atoms with van der Waals surface area (Å²) in [5.41, 5.74) is 0.471. The lowest BCUT2D eigenvalue weighted by molar-refractivity contribution is -0.117. The lowest BCUT2D eigenvalue weighted by Gasteiger charge is -2.10. The summed E-state index contributed by atoms with van der Waals surface area (Å²) in [5, 5.41) is 16.5. The highest BCUT2D eigenvalue weighted by molar-refractivity contribution is 7.89. The van der Waals surface area contributed by atoms with Crippen molar-refractivity contribution in [2.45, 2.75) is 11.8 Å². The zero-order valence-corrected chi connectivity index (χ0v) is 11.6. The molecule has 0 bridgehead atoms. The Bertz CT molecular complexity index is 645. The zero-order chi connectivity index (χ0) is 14.6. The maximum absolute atomic E-state index is 11.1. The van der Waals surface area contributed by atoms with Gasteiger partial charge in [-0.05, 0) is 31.2 Å². The first-order valence-electron chi connectivity index (χ1n) is 5.09. The Labute approximate surface area is 116 Å². The number of hydrogen-bond donors (Lipinski definition) is 2. The Balaban J connectivity index is 2.88. The smallest absolute Gasteiger partial charge is 0.238 e. The molecule has 0 saturated carbocycles. The fraction of sp³-hybridized carbons (Fsp3) is 0.182. The first-order valence-corrected chi connectivity index (χ1v) is 7.05. The van der Waals surface area contributed by atoms with Crippen LogP contribution in [0.3, 0.4) is 0 Å². The van der Waals surface area contributed by atoms with E-state index in [1.165, 1.54) is 31.2 Å². The molecule has 0 fully saturated rings. The van der Waals surface area contributed by atoms with Gasteiger partial charge >= 0.3 is 0 Å². The van der Waals surface area contributed by atoms with E-state index in [2.05, 4.69) is 5.32 Å². The van der Waals surface area contributed by atoms with Crippen molar-refractivity contribution in [3.63, 3.8) is 0 Å². The molecule has 1 aromatic carbocycles. The van der Waals surface area contributed by atoms with E-state index >= 15 is 0 Å². The number of nitrogens with one attached hydrogen (secondary N) is 1. The highest BCUT2D eigenvalue weighted by atomic mass is 32.2. The molecule has 1 atom stereocenters. The molecule has 0 amide bonds. The van der Waals surface area contributed by atoms with Gasteiger partial charge in [0.25, 0.3) is 0 Å². The molecule has 0 heterocycles. The summed E-state index contributed by atoms with van der Waals surface area (Å²) in [5.74, 6) is -1.38. The topological polar surface area (TPSA) is 113 Å². The number of carbonyl (C=O) groups excluding carboxylic acids is 1. The van der Waals surface area contributed by atoms with Crippen molar-refractivity contribution in [3.8, 4) is 6.07 Å². The van der Waals surface area contributed by atoms with E-state index in [0.717, 1.165) is 0 Å². The number of sulfonamides is 1. The number of carbonyl (C=O) groups is 1. The molecule has 0 aliphatic rings. The lowest BCUT2D eigenvalue weighted by Crippen LogP contribution is -2.25. The van der Waals surface area contributed by atoms with Gasteiger partial charge in [0, 0.05) is 5.69 Å². The molecule has 100 valence electrons. The molecular formula is C11H11N3O3S2. The molecule has 0 spiro atoms. The predicted molar refractivity (Wildman–Crippen MR) is 73.8 cm³/mol. The number of nitriles is 1. The van der Waals surface area contributed by atoms with Gasteiger partial charge in [-0.3, -0.25) is 4.79 Å². The molecule has 1 aromatic rings. The van der Waals surface area contributed by atoms with E-state index in [1.807, 2.05) is 0 Å². The van der Waals surface area contributed by atoms with Gasteiger partial charge in [0.05, 0.1) is 11.0 Å². The van der Waals surface area contributed by atoms with Crippen LogP contribution in [0.15, 0.2) is 29.2 Å². The van der Waals surface area contributed by atoms with Crippen molar-refractivity contribution in [1.29, 1.82) is 5.26 Å². The van der Waals surface area contributed by atoms with Crippen molar-refractivity contribution < 1.29 is 13.2 Å². The average Bonchev–Trinajstić information content (AvgIpc) is 2.28. The van der Waals surface area contributed by atoms with Gasteiger partial charge in [0.15, 0.2) is 11.7 Å². The third-order valence-electron chi connectivity index (χ3n) is 2.25. The maximum atomic E-state index is 11.1. The Morgan fingerprint density at radius 3 is 2.32 bits per heavy atom. The number of benzene rings is 1. The Hall–Kier alpha value is -1.82.